The third-order valence-electron chi connectivity index (χ3n) is 5.55. The number of piperidine rings is 1. The Kier molecular flexibility index (Phi) is 5.13. The number of carbonyl (C=O) groups is 1. The summed E-state index contributed by atoms with van der Waals surface area (Å²) in [6, 6.07) is 9.76. The fourth-order valence-electron chi connectivity index (χ4n) is 4.15. The molecule has 1 saturated heterocycles. The number of amides is 1. The first-order valence-electron chi connectivity index (χ1n) is 9.84. The summed E-state index contributed by atoms with van der Waals surface area (Å²) < 4.78 is 1.75. The van der Waals surface area contributed by atoms with E-state index in [0.29, 0.717) is 11.5 Å². The maximum Gasteiger partial charge on any atom is 0.254 e. The molecule has 4 rings (SSSR count). The first-order chi connectivity index (χ1) is 13.5. The molecule has 0 bridgehead atoms. The van der Waals surface area contributed by atoms with Crippen LogP contribution in [0.15, 0.2) is 42.7 Å². The summed E-state index contributed by atoms with van der Waals surface area (Å²) in [6.07, 6.45) is 6.09. The predicted octanol–water partition coefficient (Wildman–Crippen LogP) is 3.05. The van der Waals surface area contributed by atoms with Crippen molar-refractivity contribution in [3.05, 3.63) is 48.3 Å². The van der Waals surface area contributed by atoms with Crippen molar-refractivity contribution >= 4 is 16.8 Å². The summed E-state index contributed by atoms with van der Waals surface area (Å²) in [5, 5.41) is 5.14. The Bertz CT molecular complexity index is 996. The average molecular weight is 377 g/mol. The van der Waals surface area contributed by atoms with E-state index in [4.69, 9.17) is 4.98 Å². The number of fused-ring (bicyclic) bond motifs is 1. The van der Waals surface area contributed by atoms with E-state index < -0.39 is 0 Å². The van der Waals surface area contributed by atoms with E-state index in [1.165, 1.54) is 12.8 Å². The molecular weight excluding hydrogens is 350 g/mol. The van der Waals surface area contributed by atoms with Gasteiger partial charge in [0, 0.05) is 44.3 Å². The Labute approximate surface area is 165 Å². The fourth-order valence-corrected chi connectivity index (χ4v) is 4.15. The molecule has 1 aliphatic heterocycles. The van der Waals surface area contributed by atoms with Gasteiger partial charge >= 0.3 is 0 Å². The fraction of sp³-hybridized carbons (Fsp3) is 0.409. The average Bonchev–Trinajstić information content (AvgIpc) is 3.13. The van der Waals surface area contributed by atoms with E-state index >= 15 is 0 Å². The van der Waals surface area contributed by atoms with Gasteiger partial charge in [0.1, 0.15) is 0 Å². The van der Waals surface area contributed by atoms with Crippen LogP contribution in [0.2, 0.25) is 0 Å². The van der Waals surface area contributed by atoms with Gasteiger partial charge in [0.05, 0.1) is 23.0 Å². The number of rotatable bonds is 4. The van der Waals surface area contributed by atoms with Crippen molar-refractivity contribution in [1.29, 1.82) is 0 Å². The number of aryl methyl sites for hydroxylation is 1. The SMILES string of the molecule is CN1CCC[C@H](CN(C)C(=O)c2cc(-c3cnn(C)c3)nc3ccccc23)C1. The maximum atomic E-state index is 13.4. The van der Waals surface area contributed by atoms with Gasteiger partial charge in [-0.1, -0.05) is 18.2 Å². The second kappa shape index (κ2) is 7.72. The maximum absolute atomic E-state index is 13.4. The van der Waals surface area contributed by atoms with Crippen LogP contribution in [0, 0.1) is 5.92 Å². The van der Waals surface area contributed by atoms with Gasteiger partial charge in [-0.3, -0.25) is 9.48 Å². The van der Waals surface area contributed by atoms with Crippen molar-refractivity contribution in [3.63, 3.8) is 0 Å². The van der Waals surface area contributed by atoms with Crippen molar-refractivity contribution in [3.8, 4) is 11.3 Å². The van der Waals surface area contributed by atoms with Gasteiger partial charge in [0.15, 0.2) is 0 Å². The zero-order valence-corrected chi connectivity index (χ0v) is 16.8. The highest BCUT2D eigenvalue weighted by atomic mass is 16.2. The Hall–Kier alpha value is -2.73. The molecule has 1 aromatic carbocycles. The molecule has 3 aromatic rings. The van der Waals surface area contributed by atoms with E-state index in [9.17, 15) is 4.79 Å². The van der Waals surface area contributed by atoms with Gasteiger partial charge in [0.2, 0.25) is 0 Å². The first kappa shape index (κ1) is 18.6. The minimum Gasteiger partial charge on any atom is -0.341 e. The molecule has 28 heavy (non-hydrogen) atoms. The van der Waals surface area contributed by atoms with Crippen LogP contribution < -0.4 is 0 Å². The Balaban J connectivity index is 1.67. The number of aromatic nitrogens is 3. The van der Waals surface area contributed by atoms with E-state index in [-0.39, 0.29) is 5.91 Å². The minimum atomic E-state index is 0.0527. The van der Waals surface area contributed by atoms with Crippen molar-refractivity contribution in [2.45, 2.75) is 12.8 Å². The number of para-hydroxylation sites is 1. The first-order valence-corrected chi connectivity index (χ1v) is 9.84. The van der Waals surface area contributed by atoms with Crippen LogP contribution in [0.5, 0.6) is 0 Å². The molecule has 1 fully saturated rings. The molecule has 0 aliphatic carbocycles. The molecular formula is C22H27N5O. The van der Waals surface area contributed by atoms with E-state index in [0.717, 1.165) is 41.8 Å². The zero-order valence-electron chi connectivity index (χ0n) is 16.8. The number of likely N-dealkylation sites (tertiary alicyclic amines) is 1. The van der Waals surface area contributed by atoms with Crippen molar-refractivity contribution in [1.82, 2.24) is 24.6 Å². The Morgan fingerprint density at radius 2 is 2.11 bits per heavy atom. The molecule has 0 spiro atoms. The van der Waals surface area contributed by atoms with Crippen molar-refractivity contribution in [2.24, 2.45) is 13.0 Å². The largest absolute Gasteiger partial charge is 0.341 e. The summed E-state index contributed by atoms with van der Waals surface area (Å²) in [7, 11) is 5.95. The van der Waals surface area contributed by atoms with Gasteiger partial charge in [-0.15, -0.1) is 0 Å². The van der Waals surface area contributed by atoms with Gasteiger partial charge in [-0.05, 0) is 44.5 Å². The number of hydrogen-bond donors (Lipinski definition) is 0. The van der Waals surface area contributed by atoms with E-state index in [1.54, 1.807) is 10.9 Å². The molecule has 1 amide bonds. The quantitative estimate of drug-likeness (QED) is 0.701. The van der Waals surface area contributed by atoms with E-state index in [2.05, 4.69) is 17.0 Å². The van der Waals surface area contributed by atoms with Gasteiger partial charge in [0.25, 0.3) is 5.91 Å². The smallest absolute Gasteiger partial charge is 0.254 e. The number of hydrogen-bond acceptors (Lipinski definition) is 4. The number of pyridine rings is 1. The lowest BCUT2D eigenvalue weighted by Gasteiger charge is -2.32. The van der Waals surface area contributed by atoms with Crippen LogP contribution in [0.25, 0.3) is 22.2 Å². The lowest BCUT2D eigenvalue weighted by molar-refractivity contribution is 0.0742. The van der Waals surface area contributed by atoms with Crippen LogP contribution >= 0.6 is 0 Å². The predicted molar refractivity (Wildman–Crippen MR) is 111 cm³/mol. The second-order valence-corrected chi connectivity index (χ2v) is 7.93. The Morgan fingerprint density at radius 3 is 2.86 bits per heavy atom. The molecule has 2 aromatic heterocycles. The summed E-state index contributed by atoms with van der Waals surface area (Å²) in [4.78, 5) is 22.4. The minimum absolute atomic E-state index is 0.0527. The summed E-state index contributed by atoms with van der Waals surface area (Å²) in [5.74, 6) is 0.579. The van der Waals surface area contributed by atoms with Crippen molar-refractivity contribution < 1.29 is 4.79 Å². The number of nitrogens with zero attached hydrogens (tertiary/aromatic N) is 5. The molecule has 3 heterocycles. The highest BCUT2D eigenvalue weighted by molar-refractivity contribution is 6.07. The highest BCUT2D eigenvalue weighted by Crippen LogP contribution is 2.26. The van der Waals surface area contributed by atoms with Crippen LogP contribution in [0.4, 0.5) is 0 Å². The van der Waals surface area contributed by atoms with Crippen LogP contribution in [-0.2, 0) is 7.05 Å². The van der Waals surface area contributed by atoms with Crippen LogP contribution in [0.1, 0.15) is 23.2 Å². The third-order valence-corrected chi connectivity index (χ3v) is 5.55. The highest BCUT2D eigenvalue weighted by Gasteiger charge is 2.23. The third kappa shape index (κ3) is 3.78. The molecule has 1 aliphatic rings. The molecule has 0 saturated carbocycles. The summed E-state index contributed by atoms with van der Waals surface area (Å²) in [5.41, 5.74) is 3.23. The molecule has 146 valence electrons. The topological polar surface area (TPSA) is 54.3 Å². The lowest BCUT2D eigenvalue weighted by atomic mass is 9.97. The lowest BCUT2D eigenvalue weighted by Crippen LogP contribution is -2.40. The van der Waals surface area contributed by atoms with Crippen molar-refractivity contribution in [2.75, 3.05) is 33.7 Å². The molecule has 0 unspecified atom stereocenters. The van der Waals surface area contributed by atoms with Crippen LogP contribution in [-0.4, -0.2) is 64.2 Å². The van der Waals surface area contributed by atoms with Gasteiger partial charge in [-0.2, -0.15) is 5.10 Å². The normalized spacial score (nSPS) is 17.8. The molecule has 6 heteroatoms. The summed E-state index contributed by atoms with van der Waals surface area (Å²) in [6.45, 7) is 2.98. The number of benzene rings is 1. The molecule has 0 radical (unpaired) electrons. The number of carbonyl (C=O) groups excluding carboxylic acids is 1. The Morgan fingerprint density at radius 1 is 1.29 bits per heavy atom. The van der Waals surface area contributed by atoms with Gasteiger partial charge < -0.3 is 9.80 Å². The monoisotopic (exact) mass is 377 g/mol. The van der Waals surface area contributed by atoms with E-state index in [1.807, 2.05) is 55.5 Å². The second-order valence-electron chi connectivity index (χ2n) is 7.93. The molecule has 0 N–H and O–H groups in total. The molecule has 6 nitrogen and oxygen atoms in total. The molecule has 1 atom stereocenters. The summed E-state index contributed by atoms with van der Waals surface area (Å²) >= 11 is 0. The standard InChI is InChI=1S/C22H27N5O/c1-25-10-6-7-16(13-25)14-26(2)22(28)19-11-21(17-12-23-27(3)15-17)24-20-9-5-4-8-18(19)20/h4-5,8-9,11-12,15-16H,6-7,10,13-14H2,1-3H3/t16-/m0/s1. The zero-order chi connectivity index (χ0) is 19.7. The van der Waals surface area contributed by atoms with Crippen LogP contribution in [0.3, 0.4) is 0 Å². The van der Waals surface area contributed by atoms with Gasteiger partial charge in [-0.25, -0.2) is 4.98 Å².